The molecule has 0 atom stereocenters. The second kappa shape index (κ2) is 6.57. The molecule has 0 saturated heterocycles. The van der Waals surface area contributed by atoms with Crippen molar-refractivity contribution in [1.29, 1.82) is 10.8 Å². The van der Waals surface area contributed by atoms with Crippen LogP contribution in [0.2, 0.25) is 0 Å². The fourth-order valence-electron chi connectivity index (χ4n) is 3.30. The summed E-state index contributed by atoms with van der Waals surface area (Å²) >= 11 is 1.12. The highest BCUT2D eigenvalue weighted by molar-refractivity contribution is 7.19. The number of hydrogen-bond acceptors (Lipinski definition) is 7. The Morgan fingerprint density at radius 1 is 0.774 bits per heavy atom. The SMILES string of the molecule is N=C(N)c1ccc2[nH]c(-c3sc(-c4nc5cc(C(=N)N)ccc5[nH]4)c(O)c3O)nc2c1. The normalized spacial score (nSPS) is 11.4. The van der Waals surface area contributed by atoms with Crippen LogP contribution in [0.25, 0.3) is 43.5 Å². The van der Waals surface area contributed by atoms with Crippen molar-refractivity contribution in [3.8, 4) is 32.9 Å². The van der Waals surface area contributed by atoms with Gasteiger partial charge in [0, 0.05) is 11.1 Å². The van der Waals surface area contributed by atoms with E-state index in [4.69, 9.17) is 22.3 Å². The summed E-state index contributed by atoms with van der Waals surface area (Å²) in [5.74, 6) is -0.0118. The number of nitrogens with one attached hydrogen (secondary N) is 4. The van der Waals surface area contributed by atoms with Gasteiger partial charge in [-0.15, -0.1) is 11.3 Å². The largest absolute Gasteiger partial charge is 0.503 e. The Morgan fingerprint density at radius 3 is 1.58 bits per heavy atom. The number of aromatic nitrogens is 4. The second-order valence-corrected chi connectivity index (χ2v) is 7.94. The summed E-state index contributed by atoms with van der Waals surface area (Å²) in [5, 5.41) is 36.2. The minimum Gasteiger partial charge on any atom is -0.503 e. The van der Waals surface area contributed by atoms with E-state index < -0.39 is 0 Å². The van der Waals surface area contributed by atoms with E-state index in [9.17, 15) is 10.2 Å². The average Bonchev–Trinajstić information content (AvgIpc) is 3.42. The van der Waals surface area contributed by atoms with Gasteiger partial charge in [0.1, 0.15) is 21.4 Å². The molecule has 2 aromatic carbocycles. The maximum Gasteiger partial charge on any atom is 0.180 e. The van der Waals surface area contributed by atoms with Crippen LogP contribution >= 0.6 is 11.3 Å². The molecule has 10 nitrogen and oxygen atoms in total. The van der Waals surface area contributed by atoms with E-state index in [0.717, 1.165) is 11.3 Å². The number of nitrogen functional groups attached to an aromatic ring is 2. The Labute approximate surface area is 178 Å². The predicted molar refractivity (Wildman–Crippen MR) is 120 cm³/mol. The Morgan fingerprint density at radius 2 is 1.19 bits per heavy atom. The maximum absolute atomic E-state index is 10.6. The quantitative estimate of drug-likeness (QED) is 0.159. The third kappa shape index (κ3) is 2.95. The third-order valence-electron chi connectivity index (χ3n) is 4.88. The van der Waals surface area contributed by atoms with Crippen molar-refractivity contribution in [3.63, 3.8) is 0 Å². The number of aromatic amines is 2. The number of rotatable bonds is 4. The molecule has 5 rings (SSSR count). The molecule has 0 bridgehead atoms. The lowest BCUT2D eigenvalue weighted by Gasteiger charge is -1.95. The van der Waals surface area contributed by atoms with Crippen LogP contribution in [-0.4, -0.2) is 41.8 Å². The van der Waals surface area contributed by atoms with E-state index in [1.807, 2.05) is 0 Å². The summed E-state index contributed by atoms with van der Waals surface area (Å²) < 4.78 is 0. The Hall–Kier alpha value is -4.38. The van der Waals surface area contributed by atoms with Gasteiger partial charge >= 0.3 is 0 Å². The fourth-order valence-corrected chi connectivity index (χ4v) is 4.27. The van der Waals surface area contributed by atoms with Crippen LogP contribution < -0.4 is 11.5 Å². The zero-order chi connectivity index (χ0) is 21.9. The molecule has 3 aromatic heterocycles. The lowest BCUT2D eigenvalue weighted by molar-refractivity contribution is 0.409. The summed E-state index contributed by atoms with van der Waals surface area (Å²) in [5.41, 5.74) is 14.7. The molecular weight excluding hydrogens is 416 g/mol. The van der Waals surface area contributed by atoms with Crippen molar-refractivity contribution in [3.05, 3.63) is 47.5 Å². The number of nitrogens with two attached hydrogens (primary N) is 2. The van der Waals surface area contributed by atoms with Crippen LogP contribution in [-0.2, 0) is 0 Å². The Bertz CT molecular complexity index is 1410. The first-order valence-corrected chi connectivity index (χ1v) is 9.87. The summed E-state index contributed by atoms with van der Waals surface area (Å²) in [4.78, 5) is 15.8. The predicted octanol–water partition coefficient (Wildman–Crippen LogP) is 2.81. The van der Waals surface area contributed by atoms with Crippen LogP contribution in [0.3, 0.4) is 0 Å². The molecule has 154 valence electrons. The van der Waals surface area contributed by atoms with Gasteiger partial charge < -0.3 is 31.6 Å². The molecule has 0 aliphatic heterocycles. The number of benzene rings is 2. The number of aromatic hydroxyl groups is 2. The number of hydrogen-bond donors (Lipinski definition) is 8. The van der Waals surface area contributed by atoms with Crippen molar-refractivity contribution in [2.24, 2.45) is 11.5 Å². The highest BCUT2D eigenvalue weighted by atomic mass is 32.1. The number of amidine groups is 2. The van der Waals surface area contributed by atoms with E-state index >= 15 is 0 Å². The molecule has 0 amide bonds. The lowest BCUT2D eigenvalue weighted by atomic mass is 10.2. The van der Waals surface area contributed by atoms with Crippen LogP contribution in [0, 0.1) is 10.8 Å². The number of thiophene rings is 1. The number of H-pyrrole nitrogens is 2. The van der Waals surface area contributed by atoms with Crippen LogP contribution in [0.4, 0.5) is 0 Å². The first kappa shape index (κ1) is 18.6. The van der Waals surface area contributed by atoms with E-state index in [0.29, 0.717) is 54.6 Å². The summed E-state index contributed by atoms with van der Waals surface area (Å²) in [6.07, 6.45) is 0. The van der Waals surface area contributed by atoms with Gasteiger partial charge in [0.15, 0.2) is 23.1 Å². The first-order chi connectivity index (χ1) is 14.8. The van der Waals surface area contributed by atoms with Crippen molar-refractivity contribution < 1.29 is 10.2 Å². The van der Waals surface area contributed by atoms with Crippen molar-refractivity contribution >= 4 is 45.1 Å². The molecular formula is C20H16N8O2S. The standard InChI is InChI=1S/C20H16N8O2S/c21-17(22)7-1-3-9-11(5-7)27-19(25-9)15-13(29)14(30)16(31-15)20-26-10-4-2-8(18(23)24)6-12(10)28-20/h1-6,29-30H,(H3,21,22)(H3,23,24)(H,25,27)(H,26,28). The molecule has 0 unspecified atom stereocenters. The number of nitrogens with zero attached hydrogens (tertiary/aromatic N) is 2. The summed E-state index contributed by atoms with van der Waals surface area (Å²) in [6.45, 7) is 0. The van der Waals surface area contributed by atoms with Crippen LogP contribution in [0.5, 0.6) is 11.5 Å². The van der Waals surface area contributed by atoms with E-state index in [1.165, 1.54) is 0 Å². The topological polar surface area (TPSA) is 198 Å². The number of imidazole rings is 2. The molecule has 31 heavy (non-hydrogen) atoms. The maximum atomic E-state index is 10.6. The van der Waals surface area contributed by atoms with Gasteiger partial charge in [-0.25, -0.2) is 9.97 Å². The molecule has 0 spiro atoms. The highest BCUT2D eigenvalue weighted by Gasteiger charge is 2.24. The Balaban J connectivity index is 1.61. The minimum absolute atomic E-state index is 0.0665. The molecule has 0 radical (unpaired) electrons. The van der Waals surface area contributed by atoms with Gasteiger partial charge in [0.25, 0.3) is 0 Å². The third-order valence-corrected chi connectivity index (χ3v) is 6.06. The summed E-state index contributed by atoms with van der Waals surface area (Å²) in [6, 6.07) is 10.3. The summed E-state index contributed by atoms with van der Waals surface area (Å²) in [7, 11) is 0. The van der Waals surface area contributed by atoms with E-state index in [2.05, 4.69) is 19.9 Å². The molecule has 3 heterocycles. The minimum atomic E-state index is -0.310. The van der Waals surface area contributed by atoms with Gasteiger partial charge in [-0.1, -0.05) is 0 Å². The van der Waals surface area contributed by atoms with E-state index in [-0.39, 0.29) is 23.2 Å². The zero-order valence-corrected chi connectivity index (χ0v) is 16.6. The molecule has 5 aromatic rings. The molecule has 0 aliphatic rings. The van der Waals surface area contributed by atoms with Gasteiger partial charge in [-0.2, -0.15) is 0 Å². The zero-order valence-electron chi connectivity index (χ0n) is 15.8. The van der Waals surface area contributed by atoms with Crippen molar-refractivity contribution in [2.75, 3.05) is 0 Å². The van der Waals surface area contributed by atoms with Gasteiger partial charge in [0.05, 0.1) is 22.1 Å². The first-order valence-electron chi connectivity index (χ1n) is 9.05. The van der Waals surface area contributed by atoms with Crippen LogP contribution in [0.1, 0.15) is 11.1 Å². The molecule has 11 heteroatoms. The fraction of sp³-hybridized carbons (Fsp3) is 0. The van der Waals surface area contributed by atoms with Crippen molar-refractivity contribution in [2.45, 2.75) is 0 Å². The lowest BCUT2D eigenvalue weighted by Crippen LogP contribution is -2.10. The van der Waals surface area contributed by atoms with Gasteiger partial charge in [-0.3, -0.25) is 10.8 Å². The molecule has 0 aliphatic carbocycles. The van der Waals surface area contributed by atoms with E-state index in [1.54, 1.807) is 36.4 Å². The molecule has 0 fully saturated rings. The highest BCUT2D eigenvalue weighted by Crippen LogP contribution is 2.50. The van der Waals surface area contributed by atoms with Gasteiger partial charge in [-0.05, 0) is 36.4 Å². The Kier molecular flexibility index (Phi) is 3.95. The van der Waals surface area contributed by atoms with Crippen molar-refractivity contribution in [1.82, 2.24) is 19.9 Å². The second-order valence-electron chi connectivity index (χ2n) is 6.92. The average molecular weight is 432 g/mol. The number of fused-ring (bicyclic) bond motifs is 2. The van der Waals surface area contributed by atoms with Gasteiger partial charge in [0.2, 0.25) is 0 Å². The smallest absolute Gasteiger partial charge is 0.180 e. The van der Waals surface area contributed by atoms with Crippen LogP contribution in [0.15, 0.2) is 36.4 Å². The molecule has 0 saturated carbocycles. The molecule has 10 N–H and O–H groups in total. The monoisotopic (exact) mass is 432 g/mol.